The monoisotopic (exact) mass is 300 g/mol. The molecule has 1 amide bonds. The topological polar surface area (TPSA) is 46.3 Å². The third-order valence-corrected chi connectivity index (χ3v) is 4.30. The van der Waals surface area contributed by atoms with Crippen LogP contribution >= 0.6 is 23.2 Å². The fourth-order valence-electron chi connectivity index (χ4n) is 2.59. The van der Waals surface area contributed by atoms with Gasteiger partial charge in [-0.1, -0.05) is 42.5 Å². The van der Waals surface area contributed by atoms with Crippen LogP contribution < -0.4 is 5.73 Å². The van der Waals surface area contributed by atoms with Crippen LogP contribution in [-0.4, -0.2) is 23.9 Å². The minimum Gasteiger partial charge on any atom is -0.397 e. The van der Waals surface area contributed by atoms with Gasteiger partial charge in [0.2, 0.25) is 0 Å². The summed E-state index contributed by atoms with van der Waals surface area (Å²) in [6.45, 7) is 0. The molecule has 0 saturated heterocycles. The van der Waals surface area contributed by atoms with E-state index in [0.717, 1.165) is 12.8 Å². The molecule has 0 spiro atoms. The van der Waals surface area contributed by atoms with Crippen molar-refractivity contribution in [3.8, 4) is 0 Å². The highest BCUT2D eigenvalue weighted by atomic mass is 35.5. The van der Waals surface area contributed by atoms with E-state index in [9.17, 15) is 4.79 Å². The number of nitrogen functional groups attached to an aromatic ring is 1. The zero-order valence-electron chi connectivity index (χ0n) is 11.0. The van der Waals surface area contributed by atoms with Crippen molar-refractivity contribution in [1.29, 1.82) is 0 Å². The average molecular weight is 301 g/mol. The van der Waals surface area contributed by atoms with Crippen molar-refractivity contribution < 1.29 is 4.79 Å². The Morgan fingerprint density at radius 2 is 1.89 bits per heavy atom. The first-order valence-electron chi connectivity index (χ1n) is 6.52. The lowest BCUT2D eigenvalue weighted by Gasteiger charge is -2.31. The highest BCUT2D eigenvalue weighted by Crippen LogP contribution is 2.30. The van der Waals surface area contributed by atoms with E-state index in [2.05, 4.69) is 0 Å². The summed E-state index contributed by atoms with van der Waals surface area (Å²) < 4.78 is 0. The Hall–Kier alpha value is -0.930. The van der Waals surface area contributed by atoms with Gasteiger partial charge >= 0.3 is 0 Å². The fraction of sp³-hybridized carbons (Fsp3) is 0.500. The number of rotatable bonds is 2. The molecule has 0 radical (unpaired) electrons. The summed E-state index contributed by atoms with van der Waals surface area (Å²) in [4.78, 5) is 14.3. The van der Waals surface area contributed by atoms with E-state index in [1.807, 2.05) is 7.05 Å². The lowest BCUT2D eigenvalue weighted by molar-refractivity contribution is 0.0697. The van der Waals surface area contributed by atoms with E-state index in [1.54, 1.807) is 17.0 Å². The molecular formula is C14H18Cl2N2O. The molecule has 1 aliphatic rings. The van der Waals surface area contributed by atoms with E-state index >= 15 is 0 Å². The standard InChI is InChI=1S/C14H18Cl2N2O/c1-18(10-5-3-2-4-6-10)14(19)11-7-9(15)8-12(16)13(11)17/h7-8,10H,2-6,17H2,1H3. The summed E-state index contributed by atoms with van der Waals surface area (Å²) in [5, 5.41) is 0.757. The van der Waals surface area contributed by atoms with Crippen LogP contribution in [-0.2, 0) is 0 Å². The van der Waals surface area contributed by atoms with E-state index in [-0.39, 0.29) is 5.91 Å². The first-order chi connectivity index (χ1) is 9.00. The zero-order valence-corrected chi connectivity index (χ0v) is 12.5. The number of anilines is 1. The third kappa shape index (κ3) is 3.15. The maximum atomic E-state index is 12.5. The second kappa shape index (κ2) is 6.02. The predicted molar refractivity (Wildman–Crippen MR) is 79.8 cm³/mol. The molecule has 1 aromatic carbocycles. The van der Waals surface area contributed by atoms with E-state index < -0.39 is 0 Å². The van der Waals surface area contributed by atoms with Gasteiger partial charge in [0.1, 0.15) is 0 Å². The zero-order chi connectivity index (χ0) is 14.0. The van der Waals surface area contributed by atoms with E-state index in [0.29, 0.717) is 27.3 Å². The quantitative estimate of drug-likeness (QED) is 0.840. The van der Waals surface area contributed by atoms with Crippen molar-refractivity contribution in [2.45, 2.75) is 38.1 Å². The molecule has 0 bridgehead atoms. The molecule has 104 valence electrons. The third-order valence-electron chi connectivity index (χ3n) is 3.77. The van der Waals surface area contributed by atoms with Crippen LogP contribution in [0.2, 0.25) is 10.0 Å². The number of nitrogens with two attached hydrogens (primary N) is 1. The Morgan fingerprint density at radius 3 is 2.53 bits per heavy atom. The van der Waals surface area contributed by atoms with Crippen molar-refractivity contribution in [2.24, 2.45) is 0 Å². The Morgan fingerprint density at radius 1 is 1.26 bits per heavy atom. The van der Waals surface area contributed by atoms with Gasteiger partial charge in [-0.05, 0) is 25.0 Å². The molecule has 1 fully saturated rings. The highest BCUT2D eigenvalue weighted by molar-refractivity contribution is 6.37. The molecule has 3 nitrogen and oxygen atoms in total. The molecule has 1 saturated carbocycles. The number of hydrogen-bond acceptors (Lipinski definition) is 2. The van der Waals surface area contributed by atoms with Gasteiger partial charge in [-0.25, -0.2) is 0 Å². The van der Waals surface area contributed by atoms with Gasteiger partial charge < -0.3 is 10.6 Å². The molecule has 19 heavy (non-hydrogen) atoms. The lowest BCUT2D eigenvalue weighted by Crippen LogP contribution is -2.38. The summed E-state index contributed by atoms with van der Waals surface area (Å²) >= 11 is 11.9. The van der Waals surface area contributed by atoms with Gasteiger partial charge in [0.25, 0.3) is 5.91 Å². The Kier molecular flexibility index (Phi) is 4.58. The Balaban J connectivity index is 2.23. The van der Waals surface area contributed by atoms with Crippen molar-refractivity contribution in [1.82, 2.24) is 4.90 Å². The summed E-state index contributed by atoms with van der Waals surface area (Å²) in [6.07, 6.45) is 5.71. The SMILES string of the molecule is CN(C(=O)c1cc(Cl)cc(Cl)c1N)C1CCCCC1. The second-order valence-corrected chi connectivity index (χ2v) is 5.90. The fourth-order valence-corrected chi connectivity index (χ4v) is 3.08. The number of nitrogens with zero attached hydrogens (tertiary/aromatic N) is 1. The van der Waals surface area contributed by atoms with Crippen molar-refractivity contribution in [3.63, 3.8) is 0 Å². The molecule has 0 heterocycles. The minimum atomic E-state index is -0.103. The molecule has 0 unspecified atom stereocenters. The number of amides is 1. The first-order valence-corrected chi connectivity index (χ1v) is 7.28. The molecule has 0 atom stereocenters. The van der Waals surface area contributed by atoms with Gasteiger partial charge in [0.15, 0.2) is 0 Å². The van der Waals surface area contributed by atoms with E-state index in [4.69, 9.17) is 28.9 Å². The van der Waals surface area contributed by atoms with Crippen molar-refractivity contribution >= 4 is 34.8 Å². The molecular weight excluding hydrogens is 283 g/mol. The van der Waals surface area contributed by atoms with Gasteiger partial charge in [0, 0.05) is 18.1 Å². The van der Waals surface area contributed by atoms with Crippen LogP contribution in [0.3, 0.4) is 0 Å². The van der Waals surface area contributed by atoms with Crippen LogP contribution in [0.5, 0.6) is 0 Å². The normalized spacial score (nSPS) is 16.4. The van der Waals surface area contributed by atoms with Crippen LogP contribution in [0, 0.1) is 0 Å². The largest absolute Gasteiger partial charge is 0.397 e. The number of benzene rings is 1. The lowest BCUT2D eigenvalue weighted by atomic mass is 9.94. The number of halogens is 2. The molecule has 1 aromatic rings. The van der Waals surface area contributed by atoms with Gasteiger partial charge in [-0.2, -0.15) is 0 Å². The number of carbonyl (C=O) groups is 1. The summed E-state index contributed by atoms with van der Waals surface area (Å²) in [5.74, 6) is -0.103. The molecule has 5 heteroatoms. The molecule has 0 aliphatic heterocycles. The minimum absolute atomic E-state index is 0.103. The van der Waals surface area contributed by atoms with Crippen LogP contribution in [0.15, 0.2) is 12.1 Å². The van der Waals surface area contributed by atoms with Gasteiger partial charge in [-0.15, -0.1) is 0 Å². The molecule has 0 aromatic heterocycles. The molecule has 1 aliphatic carbocycles. The van der Waals surface area contributed by atoms with E-state index in [1.165, 1.54) is 19.3 Å². The van der Waals surface area contributed by atoms with Crippen molar-refractivity contribution in [3.05, 3.63) is 27.7 Å². The van der Waals surface area contributed by atoms with Crippen LogP contribution in [0.25, 0.3) is 0 Å². The van der Waals surface area contributed by atoms with Crippen LogP contribution in [0.1, 0.15) is 42.5 Å². The van der Waals surface area contributed by atoms with Crippen LogP contribution in [0.4, 0.5) is 5.69 Å². The van der Waals surface area contributed by atoms with Gasteiger partial charge in [0.05, 0.1) is 16.3 Å². The average Bonchev–Trinajstić information content (AvgIpc) is 2.42. The Labute approximate surface area is 123 Å². The summed E-state index contributed by atoms with van der Waals surface area (Å²) in [6, 6.07) is 3.43. The maximum Gasteiger partial charge on any atom is 0.256 e. The summed E-state index contributed by atoms with van der Waals surface area (Å²) in [7, 11) is 1.83. The smallest absolute Gasteiger partial charge is 0.256 e. The van der Waals surface area contributed by atoms with Crippen molar-refractivity contribution in [2.75, 3.05) is 12.8 Å². The molecule has 2 rings (SSSR count). The first kappa shape index (κ1) is 14.5. The predicted octanol–water partition coefficient (Wildman–Crippen LogP) is 3.98. The van der Waals surface area contributed by atoms with Gasteiger partial charge in [-0.3, -0.25) is 4.79 Å². The number of hydrogen-bond donors (Lipinski definition) is 1. The number of carbonyl (C=O) groups excluding carboxylic acids is 1. The Bertz CT molecular complexity index is 485. The molecule has 2 N–H and O–H groups in total. The highest BCUT2D eigenvalue weighted by Gasteiger charge is 2.25. The maximum absolute atomic E-state index is 12.5. The summed E-state index contributed by atoms with van der Waals surface area (Å²) in [5.41, 5.74) is 6.58. The second-order valence-electron chi connectivity index (χ2n) is 5.06.